The third-order valence-electron chi connectivity index (χ3n) is 4.33. The van der Waals surface area contributed by atoms with Crippen LogP contribution < -0.4 is 30.6 Å². The number of rotatable bonds is 7. The number of methoxy groups -OCH3 is 2. The van der Waals surface area contributed by atoms with Gasteiger partial charge in [-0.05, 0) is 51.3 Å². The lowest BCUT2D eigenvalue weighted by molar-refractivity contribution is -0.624. The topological polar surface area (TPSA) is 90.5 Å². The summed E-state index contributed by atoms with van der Waals surface area (Å²) in [6, 6.07) is 15.8. The first kappa shape index (κ1) is 19.8. The summed E-state index contributed by atoms with van der Waals surface area (Å²) >= 11 is 3.40. The Bertz CT molecular complexity index is 883. The summed E-state index contributed by atoms with van der Waals surface area (Å²) in [5.41, 5.74) is 8.42. The first-order valence-electron chi connectivity index (χ1n) is 8.63. The van der Waals surface area contributed by atoms with E-state index in [-0.39, 0.29) is 0 Å². The molecule has 3 aromatic rings. The average Bonchev–Trinajstić information content (AvgIpc) is 2.71. The molecule has 1 heterocycles. The van der Waals surface area contributed by atoms with Crippen LogP contribution in [0, 0.1) is 0 Å². The van der Waals surface area contributed by atoms with E-state index in [4.69, 9.17) is 21.1 Å². The Morgan fingerprint density at radius 3 is 1.82 bits per heavy atom. The van der Waals surface area contributed by atoms with E-state index in [0.717, 1.165) is 22.6 Å². The van der Waals surface area contributed by atoms with E-state index in [1.165, 1.54) is 4.68 Å². The lowest BCUT2D eigenvalue weighted by Gasteiger charge is -2.24. The molecule has 0 saturated heterocycles. The van der Waals surface area contributed by atoms with Gasteiger partial charge in [0.25, 0.3) is 0 Å². The highest BCUT2D eigenvalue weighted by molar-refractivity contribution is 9.10. The molecule has 0 aliphatic rings. The molecule has 146 valence electrons. The number of benzene rings is 2. The lowest BCUT2D eigenvalue weighted by atomic mass is 10.1. The molecule has 0 radical (unpaired) electrons. The molecule has 0 aliphatic carbocycles. The number of hydrogen-bond donors (Lipinski definition) is 2. The summed E-state index contributed by atoms with van der Waals surface area (Å²) in [6.45, 7) is 1.20. The maximum atomic E-state index is 6.22. The molecule has 0 fully saturated rings. The van der Waals surface area contributed by atoms with Crippen LogP contribution in [0.5, 0.6) is 11.5 Å². The largest absolute Gasteiger partial charge is 0.497 e. The summed E-state index contributed by atoms with van der Waals surface area (Å²) in [5.74, 6) is 8.59. The smallest absolute Gasteiger partial charge is 0.339 e. The summed E-state index contributed by atoms with van der Waals surface area (Å²) in [7, 11) is 3.30. The van der Waals surface area contributed by atoms with Gasteiger partial charge in [-0.25, -0.2) is 4.98 Å². The number of nitrogens with two attached hydrogens (primary N) is 2. The van der Waals surface area contributed by atoms with E-state index in [1.54, 1.807) is 20.4 Å². The van der Waals surface area contributed by atoms with Gasteiger partial charge < -0.3 is 14.4 Å². The van der Waals surface area contributed by atoms with E-state index >= 15 is 0 Å². The first-order valence-corrected chi connectivity index (χ1v) is 9.43. The Morgan fingerprint density at radius 1 is 0.929 bits per heavy atom. The molecule has 3 rings (SSSR count). The monoisotopic (exact) mass is 444 g/mol. The van der Waals surface area contributed by atoms with E-state index in [0.29, 0.717) is 29.3 Å². The van der Waals surface area contributed by atoms with Crippen molar-refractivity contribution in [1.82, 2.24) is 4.98 Å². The molecule has 0 bridgehead atoms. The van der Waals surface area contributed by atoms with Crippen molar-refractivity contribution in [2.24, 2.45) is 0 Å². The summed E-state index contributed by atoms with van der Waals surface area (Å²) < 4.78 is 12.5. The highest BCUT2D eigenvalue weighted by atomic mass is 79.9. The fraction of sp³-hybridized carbons (Fsp3) is 0.200. The highest BCUT2D eigenvalue weighted by Crippen LogP contribution is 2.25. The summed E-state index contributed by atoms with van der Waals surface area (Å²) in [4.78, 5) is 6.64. The second-order valence-electron chi connectivity index (χ2n) is 6.23. The minimum Gasteiger partial charge on any atom is -0.497 e. The second kappa shape index (κ2) is 8.79. The zero-order valence-electron chi connectivity index (χ0n) is 15.8. The van der Waals surface area contributed by atoms with Crippen LogP contribution in [-0.4, -0.2) is 19.2 Å². The molecule has 0 atom stereocenters. The van der Waals surface area contributed by atoms with Crippen molar-refractivity contribution >= 4 is 27.6 Å². The van der Waals surface area contributed by atoms with Gasteiger partial charge in [-0.3, -0.25) is 11.6 Å². The Labute approximate surface area is 172 Å². The molecule has 0 unspecified atom stereocenters. The van der Waals surface area contributed by atoms with Gasteiger partial charge in [-0.2, -0.15) is 0 Å². The summed E-state index contributed by atoms with van der Waals surface area (Å²) in [6.07, 6.45) is 1.62. The number of halogens is 1. The van der Waals surface area contributed by atoms with E-state index in [9.17, 15) is 0 Å². The van der Waals surface area contributed by atoms with Crippen LogP contribution in [0.1, 0.15) is 11.1 Å². The van der Waals surface area contributed by atoms with E-state index < -0.39 is 0 Å². The summed E-state index contributed by atoms with van der Waals surface area (Å²) in [5, 5.41) is 0. The molecule has 0 amide bonds. The number of ether oxygens (including phenoxy) is 2. The fourth-order valence-electron chi connectivity index (χ4n) is 2.83. The third kappa shape index (κ3) is 4.64. The van der Waals surface area contributed by atoms with E-state index in [1.807, 2.05) is 48.5 Å². The maximum Gasteiger partial charge on any atom is 0.339 e. The standard InChI is InChI=1S/C20H22BrN5O2/c1-27-16-7-3-14(4-8-16)11-25(12-15-5-9-17(28-2)10-6-15)20-19(22)26(23)13-18(21)24-20/h3-10,13,22H,11-12,23H2,1-2H3/p+1. The van der Waals surface area contributed by atoms with Crippen molar-refractivity contribution in [1.29, 1.82) is 0 Å². The Morgan fingerprint density at radius 2 is 1.39 bits per heavy atom. The fourth-order valence-corrected chi connectivity index (χ4v) is 3.22. The molecule has 1 aromatic heterocycles. The van der Waals surface area contributed by atoms with Crippen LogP contribution in [-0.2, 0) is 13.1 Å². The van der Waals surface area contributed by atoms with Gasteiger partial charge in [-0.15, -0.1) is 4.68 Å². The van der Waals surface area contributed by atoms with Gasteiger partial charge in [0.1, 0.15) is 16.1 Å². The Hall–Kier alpha value is -3.00. The first-order chi connectivity index (χ1) is 13.5. The lowest BCUT2D eigenvalue weighted by Crippen LogP contribution is -2.48. The maximum absolute atomic E-state index is 6.22. The number of hydrogen-bond acceptors (Lipinski definition) is 6. The van der Waals surface area contributed by atoms with Crippen LogP contribution in [0.15, 0.2) is 59.3 Å². The van der Waals surface area contributed by atoms with Crippen LogP contribution in [0.2, 0.25) is 0 Å². The average molecular weight is 445 g/mol. The van der Waals surface area contributed by atoms with Gasteiger partial charge in [0.15, 0.2) is 6.20 Å². The Balaban J connectivity index is 1.94. The normalized spacial score (nSPS) is 10.5. The Kier molecular flexibility index (Phi) is 6.20. The van der Waals surface area contributed by atoms with E-state index in [2.05, 4.69) is 25.8 Å². The predicted octanol–water partition coefficient (Wildman–Crippen LogP) is 2.65. The van der Waals surface area contributed by atoms with Gasteiger partial charge >= 0.3 is 5.82 Å². The van der Waals surface area contributed by atoms with Crippen molar-refractivity contribution in [2.75, 3.05) is 30.7 Å². The quantitative estimate of drug-likeness (QED) is 0.429. The number of aromatic nitrogens is 2. The minimum atomic E-state index is 0.380. The third-order valence-corrected chi connectivity index (χ3v) is 4.71. The molecule has 8 heteroatoms. The van der Waals surface area contributed by atoms with Crippen molar-refractivity contribution in [3.63, 3.8) is 0 Å². The zero-order valence-corrected chi connectivity index (χ0v) is 17.4. The molecule has 2 aromatic carbocycles. The van der Waals surface area contributed by atoms with Gasteiger partial charge in [-0.1, -0.05) is 24.3 Å². The number of nitrogens with zero attached hydrogens (tertiary/aromatic N) is 3. The second-order valence-corrected chi connectivity index (χ2v) is 7.04. The van der Waals surface area contributed by atoms with Crippen LogP contribution in [0.3, 0.4) is 0 Å². The molecular weight excluding hydrogens is 422 g/mol. The highest BCUT2D eigenvalue weighted by Gasteiger charge is 2.21. The van der Waals surface area contributed by atoms with Crippen molar-refractivity contribution in [2.45, 2.75) is 13.1 Å². The number of anilines is 2. The molecule has 28 heavy (non-hydrogen) atoms. The van der Waals surface area contributed by atoms with Crippen molar-refractivity contribution < 1.29 is 14.1 Å². The SMILES string of the molecule is COc1ccc(CN(Cc2ccc(OC)cc2)c2nc(Br)c[n+](N)c2N)cc1. The molecule has 0 aliphatic heterocycles. The number of nitrogen functional groups attached to an aromatic ring is 2. The molecule has 7 nitrogen and oxygen atoms in total. The van der Waals surface area contributed by atoms with Gasteiger partial charge in [0, 0.05) is 13.1 Å². The molecule has 0 spiro atoms. The van der Waals surface area contributed by atoms with Gasteiger partial charge in [0.2, 0.25) is 5.82 Å². The molecule has 4 N–H and O–H groups in total. The van der Waals surface area contributed by atoms with Crippen LogP contribution in [0.4, 0.5) is 11.6 Å². The predicted molar refractivity (Wildman–Crippen MR) is 113 cm³/mol. The van der Waals surface area contributed by atoms with Gasteiger partial charge in [0.05, 0.1) is 14.2 Å². The molecular formula is C20H23BrN5O2+. The molecule has 0 saturated carbocycles. The van der Waals surface area contributed by atoms with Crippen LogP contribution in [0.25, 0.3) is 0 Å². The van der Waals surface area contributed by atoms with Crippen molar-refractivity contribution in [3.05, 3.63) is 70.5 Å². The minimum absolute atomic E-state index is 0.380. The zero-order chi connectivity index (χ0) is 20.1. The van der Waals surface area contributed by atoms with Crippen LogP contribution >= 0.6 is 15.9 Å². The van der Waals surface area contributed by atoms with Crippen molar-refractivity contribution in [3.8, 4) is 11.5 Å².